The molecule has 0 bridgehead atoms. The van der Waals surface area contributed by atoms with Crippen molar-refractivity contribution in [2.75, 3.05) is 13.2 Å². The Morgan fingerprint density at radius 1 is 0.923 bits per heavy atom. The third-order valence-electron chi connectivity index (χ3n) is 6.57. The first-order valence-electron chi connectivity index (χ1n) is 13.5. The summed E-state index contributed by atoms with van der Waals surface area (Å²) in [7, 11) is 0. The lowest BCUT2D eigenvalue weighted by Crippen LogP contribution is -2.11. The summed E-state index contributed by atoms with van der Waals surface area (Å²) in [6, 6.07) is 23.0. The van der Waals surface area contributed by atoms with Gasteiger partial charge in [0.1, 0.15) is 11.5 Å². The number of nitrogens with zero attached hydrogens (tertiary/aromatic N) is 3. The summed E-state index contributed by atoms with van der Waals surface area (Å²) >= 11 is 0. The van der Waals surface area contributed by atoms with Gasteiger partial charge in [-0.25, -0.2) is 0 Å². The average molecular weight is 528 g/mol. The van der Waals surface area contributed by atoms with Crippen LogP contribution in [0.2, 0.25) is 0 Å². The lowest BCUT2D eigenvalue weighted by atomic mass is 9.87. The van der Waals surface area contributed by atoms with Crippen LogP contribution in [0.3, 0.4) is 0 Å². The van der Waals surface area contributed by atoms with Crippen LogP contribution in [0.1, 0.15) is 58.1 Å². The molecule has 4 aromatic rings. The minimum absolute atomic E-state index is 0.0352. The highest BCUT2D eigenvalue weighted by atomic mass is 16.5. The van der Waals surface area contributed by atoms with E-state index in [2.05, 4.69) is 37.9 Å². The second-order valence-corrected chi connectivity index (χ2v) is 10.6. The Bertz CT molecular complexity index is 1430. The van der Waals surface area contributed by atoms with Gasteiger partial charge in [-0.05, 0) is 41.7 Å². The number of hydrogen-bond acceptors (Lipinski definition) is 5. The van der Waals surface area contributed by atoms with E-state index in [0.29, 0.717) is 24.3 Å². The Labute approximate surface area is 230 Å². The second kappa shape index (κ2) is 12.6. The third-order valence-corrected chi connectivity index (χ3v) is 6.57. The molecule has 0 fully saturated rings. The summed E-state index contributed by atoms with van der Waals surface area (Å²) in [5, 5.41) is 19.8. The van der Waals surface area contributed by atoms with Gasteiger partial charge >= 0.3 is 5.91 Å². The molecule has 0 saturated carbocycles. The molecule has 0 aliphatic carbocycles. The predicted octanol–water partition coefficient (Wildman–Crippen LogP) is 7.95. The maximum atomic E-state index is 12.5. The van der Waals surface area contributed by atoms with Crippen molar-refractivity contribution in [1.82, 2.24) is 4.57 Å². The van der Waals surface area contributed by atoms with Gasteiger partial charge in [0, 0.05) is 10.9 Å². The number of aromatic nitrogens is 1. The molecule has 0 aliphatic heterocycles. The largest absolute Gasteiger partial charge is 0.493 e. The highest BCUT2D eigenvalue weighted by molar-refractivity contribution is 5.95. The molecule has 7 heteroatoms. The average Bonchev–Trinajstić information content (AvgIpc) is 3.19. The Morgan fingerprint density at radius 3 is 2.38 bits per heavy atom. The zero-order valence-corrected chi connectivity index (χ0v) is 23.2. The van der Waals surface area contributed by atoms with Crippen LogP contribution in [0.15, 0.2) is 83.0 Å². The molecule has 0 radical (unpaired) electrons. The fraction of sp³-hybridized carbons (Fsp3) is 0.344. The van der Waals surface area contributed by atoms with Gasteiger partial charge in [0.15, 0.2) is 12.3 Å². The van der Waals surface area contributed by atoms with Gasteiger partial charge in [-0.1, -0.05) is 89.1 Å². The molecule has 7 nitrogen and oxygen atoms in total. The number of fused-ring (bicyclic) bond motifs is 1. The van der Waals surface area contributed by atoms with E-state index in [1.165, 1.54) is 5.56 Å². The quantitative estimate of drug-likeness (QED) is 0.158. The SMILES string of the molecule is CCCCCOc1ccccc1Cn1c(O)c(N=NC(=O)COc2ccc(C(C)(C)C)cc2)c2ccccc21. The van der Waals surface area contributed by atoms with Crippen molar-refractivity contribution in [3.8, 4) is 17.4 Å². The summed E-state index contributed by atoms with van der Waals surface area (Å²) in [5.74, 6) is 0.766. The smallest absolute Gasteiger partial charge is 0.302 e. The van der Waals surface area contributed by atoms with Crippen molar-refractivity contribution in [1.29, 1.82) is 0 Å². The van der Waals surface area contributed by atoms with E-state index in [4.69, 9.17) is 9.47 Å². The van der Waals surface area contributed by atoms with Crippen molar-refractivity contribution < 1.29 is 19.4 Å². The van der Waals surface area contributed by atoms with Crippen LogP contribution in [0.5, 0.6) is 17.4 Å². The Hall–Kier alpha value is -4.13. The van der Waals surface area contributed by atoms with Gasteiger partial charge in [-0.15, -0.1) is 10.2 Å². The molecule has 0 spiro atoms. The zero-order chi connectivity index (χ0) is 27.8. The summed E-state index contributed by atoms with van der Waals surface area (Å²) in [6.07, 6.45) is 3.24. The third kappa shape index (κ3) is 7.05. The van der Waals surface area contributed by atoms with E-state index in [0.717, 1.165) is 36.1 Å². The predicted molar refractivity (Wildman–Crippen MR) is 154 cm³/mol. The van der Waals surface area contributed by atoms with Crippen LogP contribution in [0.25, 0.3) is 10.9 Å². The maximum absolute atomic E-state index is 12.5. The second-order valence-electron chi connectivity index (χ2n) is 10.6. The van der Waals surface area contributed by atoms with Crippen LogP contribution < -0.4 is 9.47 Å². The van der Waals surface area contributed by atoms with Crippen molar-refractivity contribution in [3.63, 3.8) is 0 Å². The fourth-order valence-electron chi connectivity index (χ4n) is 4.34. The molecule has 1 aromatic heterocycles. The number of rotatable bonds is 11. The molecule has 0 unspecified atom stereocenters. The molecule has 4 rings (SSSR count). The fourth-order valence-corrected chi connectivity index (χ4v) is 4.34. The van der Waals surface area contributed by atoms with E-state index < -0.39 is 5.91 Å². The van der Waals surface area contributed by atoms with Gasteiger partial charge in [0.25, 0.3) is 0 Å². The number of hydrogen-bond donors (Lipinski definition) is 1. The minimum atomic E-state index is -0.544. The lowest BCUT2D eigenvalue weighted by Gasteiger charge is -2.19. The van der Waals surface area contributed by atoms with Crippen LogP contribution in [-0.4, -0.2) is 28.8 Å². The van der Waals surface area contributed by atoms with Crippen molar-refractivity contribution in [2.45, 2.75) is 58.9 Å². The highest BCUT2D eigenvalue weighted by Gasteiger charge is 2.18. The number of benzene rings is 3. The number of unbranched alkanes of at least 4 members (excludes halogenated alkanes) is 2. The number of amides is 1. The molecule has 0 atom stereocenters. The van der Waals surface area contributed by atoms with E-state index >= 15 is 0 Å². The number of carbonyl (C=O) groups excluding carboxylic acids is 1. The van der Waals surface area contributed by atoms with E-state index in [1.54, 1.807) is 4.57 Å². The van der Waals surface area contributed by atoms with Gasteiger partial charge in [0.2, 0.25) is 5.88 Å². The van der Waals surface area contributed by atoms with Crippen molar-refractivity contribution >= 4 is 22.5 Å². The Balaban J connectivity index is 1.49. The Morgan fingerprint density at radius 2 is 1.64 bits per heavy atom. The molecular weight excluding hydrogens is 490 g/mol. The molecule has 0 aliphatic rings. The molecule has 0 saturated heterocycles. The zero-order valence-electron chi connectivity index (χ0n) is 23.2. The number of azo groups is 1. The number of para-hydroxylation sites is 2. The monoisotopic (exact) mass is 527 g/mol. The molecule has 204 valence electrons. The maximum Gasteiger partial charge on any atom is 0.302 e. The van der Waals surface area contributed by atoms with Gasteiger partial charge in [-0.2, -0.15) is 0 Å². The molecule has 39 heavy (non-hydrogen) atoms. The molecule has 1 amide bonds. The number of carbonyl (C=O) groups is 1. The molecule has 3 aromatic carbocycles. The first kappa shape index (κ1) is 27.9. The first-order valence-corrected chi connectivity index (χ1v) is 13.5. The molecule has 1 N–H and O–H groups in total. The van der Waals surface area contributed by atoms with Gasteiger partial charge in [0.05, 0.1) is 18.7 Å². The summed E-state index contributed by atoms with van der Waals surface area (Å²) in [6.45, 7) is 9.36. The molecule has 1 heterocycles. The standard InChI is InChI=1S/C32H37N3O4/c1-5-6-11-20-38-28-15-10-7-12-23(28)21-35-27-14-9-8-13-26(27)30(31(35)37)34-33-29(36)22-39-25-18-16-24(17-19-25)32(2,3)4/h7-10,12-19,37H,5-6,11,20-22H2,1-4H3. The van der Waals surface area contributed by atoms with Gasteiger partial charge in [-0.3, -0.25) is 4.79 Å². The number of aromatic hydroxyl groups is 1. The number of ether oxygens (including phenoxy) is 2. The lowest BCUT2D eigenvalue weighted by molar-refractivity contribution is -0.120. The molecular formula is C32H37N3O4. The van der Waals surface area contributed by atoms with Crippen LogP contribution in [-0.2, 0) is 16.8 Å². The van der Waals surface area contributed by atoms with Crippen molar-refractivity contribution in [3.05, 3.63) is 83.9 Å². The normalized spacial score (nSPS) is 11.8. The first-order chi connectivity index (χ1) is 18.8. The summed E-state index contributed by atoms with van der Waals surface area (Å²) in [5.41, 5.74) is 3.18. The van der Waals surface area contributed by atoms with Gasteiger partial charge < -0.3 is 19.1 Å². The minimum Gasteiger partial charge on any atom is -0.493 e. The topological polar surface area (TPSA) is 85.4 Å². The Kier molecular flexibility index (Phi) is 9.02. The summed E-state index contributed by atoms with van der Waals surface area (Å²) in [4.78, 5) is 12.5. The van der Waals surface area contributed by atoms with E-state index in [9.17, 15) is 9.90 Å². The van der Waals surface area contributed by atoms with Crippen LogP contribution >= 0.6 is 0 Å². The van der Waals surface area contributed by atoms with E-state index in [1.807, 2.05) is 72.8 Å². The van der Waals surface area contributed by atoms with E-state index in [-0.39, 0.29) is 23.6 Å². The van der Waals surface area contributed by atoms with Crippen LogP contribution in [0, 0.1) is 0 Å². The van der Waals surface area contributed by atoms with Crippen molar-refractivity contribution in [2.24, 2.45) is 10.2 Å². The van der Waals surface area contributed by atoms with Crippen LogP contribution in [0.4, 0.5) is 5.69 Å². The summed E-state index contributed by atoms with van der Waals surface area (Å²) < 4.78 is 13.4. The highest BCUT2D eigenvalue weighted by Crippen LogP contribution is 2.40.